The summed E-state index contributed by atoms with van der Waals surface area (Å²) in [7, 11) is 0. The molecular weight excluding hydrogens is 327 g/mol. The van der Waals surface area contributed by atoms with Crippen LogP contribution in [0.1, 0.15) is 17.4 Å². The van der Waals surface area contributed by atoms with Gasteiger partial charge < -0.3 is 0 Å². The van der Waals surface area contributed by atoms with Crippen molar-refractivity contribution in [3.8, 4) is 0 Å². The number of hydrogen-bond acceptors (Lipinski definition) is 4. The Labute approximate surface area is 142 Å². The van der Waals surface area contributed by atoms with E-state index in [1.807, 2.05) is 17.5 Å². The van der Waals surface area contributed by atoms with Crippen LogP contribution >= 0.6 is 11.3 Å². The Hall–Kier alpha value is -2.60. The van der Waals surface area contributed by atoms with Crippen LogP contribution in [0.5, 0.6) is 0 Å². The molecule has 6 heteroatoms. The van der Waals surface area contributed by atoms with Crippen molar-refractivity contribution in [2.24, 2.45) is 11.0 Å². The summed E-state index contributed by atoms with van der Waals surface area (Å²) in [4.78, 5) is 25.6. The highest BCUT2D eigenvalue weighted by Crippen LogP contribution is 2.21. The van der Waals surface area contributed by atoms with E-state index in [2.05, 4.69) is 5.10 Å². The molecule has 2 aromatic rings. The molecule has 0 spiro atoms. The van der Waals surface area contributed by atoms with Crippen LogP contribution in [0.3, 0.4) is 0 Å². The smallest absolute Gasteiger partial charge is 0.272 e. The zero-order valence-corrected chi connectivity index (χ0v) is 13.8. The Morgan fingerprint density at radius 1 is 1.33 bits per heavy atom. The summed E-state index contributed by atoms with van der Waals surface area (Å²) < 4.78 is 13.0. The fraction of sp³-hybridized carbons (Fsp3) is 0.167. The number of hydrazone groups is 1. The second-order valence-corrected chi connectivity index (χ2v) is 6.44. The van der Waals surface area contributed by atoms with Crippen LogP contribution in [-0.2, 0) is 16.0 Å². The van der Waals surface area contributed by atoms with Crippen molar-refractivity contribution in [2.45, 2.75) is 13.3 Å². The first-order valence-electron chi connectivity index (χ1n) is 7.43. The third-order valence-corrected chi connectivity index (χ3v) is 4.60. The molecule has 1 unspecified atom stereocenters. The predicted molar refractivity (Wildman–Crippen MR) is 91.9 cm³/mol. The van der Waals surface area contributed by atoms with E-state index in [4.69, 9.17) is 0 Å². The van der Waals surface area contributed by atoms with Gasteiger partial charge in [0.15, 0.2) is 0 Å². The molecule has 0 N–H and O–H groups in total. The zero-order chi connectivity index (χ0) is 17.1. The molecule has 1 aliphatic rings. The number of carbonyl (C=O) groups is 2. The summed E-state index contributed by atoms with van der Waals surface area (Å²) in [6, 6.07) is 9.75. The van der Waals surface area contributed by atoms with Gasteiger partial charge in [-0.15, -0.1) is 11.3 Å². The third kappa shape index (κ3) is 3.49. The highest BCUT2D eigenvalue weighted by atomic mass is 32.1. The first-order valence-corrected chi connectivity index (χ1v) is 8.31. The topological polar surface area (TPSA) is 49.7 Å². The maximum Gasteiger partial charge on any atom is 0.273 e. The molecule has 0 aliphatic carbocycles. The van der Waals surface area contributed by atoms with Crippen molar-refractivity contribution >= 4 is 34.9 Å². The summed E-state index contributed by atoms with van der Waals surface area (Å²) in [5.41, 5.74) is 1.41. The minimum absolute atomic E-state index is 0.322. The second kappa shape index (κ2) is 6.88. The fourth-order valence-corrected chi connectivity index (χ4v) is 3.08. The third-order valence-electron chi connectivity index (χ3n) is 3.76. The monoisotopic (exact) mass is 342 g/mol. The molecule has 0 fully saturated rings. The molecule has 0 saturated heterocycles. The van der Waals surface area contributed by atoms with Crippen LogP contribution in [0, 0.1) is 11.7 Å². The molecule has 0 bridgehead atoms. The SMILES string of the molecule is CC1=NN(C(=O)/C=C/c2cccs2)C(=O)C1Cc1ccc(F)cc1. The van der Waals surface area contributed by atoms with Gasteiger partial charge in [0.05, 0.1) is 5.92 Å². The number of thiophene rings is 1. The predicted octanol–water partition coefficient (Wildman–Crippen LogP) is 3.50. The van der Waals surface area contributed by atoms with Crippen LogP contribution in [-0.4, -0.2) is 22.5 Å². The van der Waals surface area contributed by atoms with Crippen molar-refractivity contribution < 1.29 is 14.0 Å². The number of carbonyl (C=O) groups excluding carboxylic acids is 2. The van der Waals surface area contributed by atoms with E-state index in [1.165, 1.54) is 29.5 Å². The lowest BCUT2D eigenvalue weighted by molar-refractivity contribution is -0.141. The average molecular weight is 342 g/mol. The van der Waals surface area contributed by atoms with Gasteiger partial charge in [-0.3, -0.25) is 9.59 Å². The van der Waals surface area contributed by atoms with Gasteiger partial charge in [0, 0.05) is 16.7 Å². The molecule has 1 aliphatic heterocycles. The zero-order valence-electron chi connectivity index (χ0n) is 13.0. The maximum absolute atomic E-state index is 13.0. The number of imide groups is 1. The van der Waals surface area contributed by atoms with Gasteiger partial charge in [0.2, 0.25) is 0 Å². The largest absolute Gasteiger partial charge is 0.273 e. The van der Waals surface area contributed by atoms with E-state index >= 15 is 0 Å². The molecule has 24 heavy (non-hydrogen) atoms. The Kier molecular flexibility index (Phi) is 4.66. The normalized spacial score (nSPS) is 17.6. The van der Waals surface area contributed by atoms with Gasteiger partial charge in [-0.05, 0) is 48.6 Å². The van der Waals surface area contributed by atoms with Crippen molar-refractivity contribution in [1.82, 2.24) is 5.01 Å². The number of benzene rings is 1. The molecule has 0 radical (unpaired) electrons. The van der Waals surface area contributed by atoms with Gasteiger partial charge >= 0.3 is 0 Å². The van der Waals surface area contributed by atoms with Gasteiger partial charge in [0.1, 0.15) is 5.82 Å². The van der Waals surface area contributed by atoms with Crippen LogP contribution in [0.15, 0.2) is 53.0 Å². The molecule has 3 rings (SSSR count). The molecule has 1 atom stereocenters. The van der Waals surface area contributed by atoms with Crippen molar-refractivity contribution in [1.29, 1.82) is 0 Å². The van der Waals surface area contributed by atoms with Gasteiger partial charge in [0.25, 0.3) is 11.8 Å². The van der Waals surface area contributed by atoms with Gasteiger partial charge in [-0.2, -0.15) is 10.1 Å². The molecule has 2 heterocycles. The summed E-state index contributed by atoms with van der Waals surface area (Å²) in [5.74, 6) is -1.63. The van der Waals surface area contributed by atoms with Crippen molar-refractivity contribution in [3.05, 3.63) is 64.1 Å². The molecular formula is C18H15FN2O2S. The summed E-state index contributed by atoms with van der Waals surface area (Å²) >= 11 is 1.50. The highest BCUT2D eigenvalue weighted by Gasteiger charge is 2.36. The van der Waals surface area contributed by atoms with Gasteiger partial charge in [-0.1, -0.05) is 18.2 Å². The van der Waals surface area contributed by atoms with Crippen LogP contribution in [0.25, 0.3) is 6.08 Å². The highest BCUT2D eigenvalue weighted by molar-refractivity contribution is 7.10. The number of hydrogen-bond donors (Lipinski definition) is 0. The lowest BCUT2D eigenvalue weighted by atomic mass is 9.95. The Balaban J connectivity index is 1.70. The van der Waals surface area contributed by atoms with Gasteiger partial charge in [-0.25, -0.2) is 4.39 Å². The summed E-state index contributed by atoms with van der Waals surface area (Å²) in [6.45, 7) is 1.72. The number of rotatable bonds is 4. The minimum Gasteiger partial charge on any atom is -0.272 e. The summed E-state index contributed by atoms with van der Waals surface area (Å²) in [5, 5.41) is 6.91. The first kappa shape index (κ1) is 16.3. The maximum atomic E-state index is 13.0. The fourth-order valence-electron chi connectivity index (χ4n) is 2.46. The quantitative estimate of drug-likeness (QED) is 0.799. The standard InChI is InChI=1S/C18H15FN2O2S/c1-12-16(11-13-4-6-14(19)7-5-13)18(23)21(20-12)17(22)9-8-15-3-2-10-24-15/h2-10,16H,11H2,1H3/b9-8+. The van der Waals surface area contributed by atoms with Crippen LogP contribution in [0.4, 0.5) is 4.39 Å². The van der Waals surface area contributed by atoms with Crippen LogP contribution in [0.2, 0.25) is 0 Å². The lowest BCUT2D eigenvalue weighted by Crippen LogP contribution is -2.32. The molecule has 4 nitrogen and oxygen atoms in total. The van der Waals surface area contributed by atoms with E-state index in [9.17, 15) is 14.0 Å². The Morgan fingerprint density at radius 3 is 2.75 bits per heavy atom. The van der Waals surface area contributed by atoms with E-state index in [0.29, 0.717) is 12.1 Å². The molecule has 2 amide bonds. The van der Waals surface area contributed by atoms with E-state index in [-0.39, 0.29) is 11.7 Å². The molecule has 0 saturated carbocycles. The summed E-state index contributed by atoms with van der Waals surface area (Å²) in [6.07, 6.45) is 3.41. The first-order chi connectivity index (χ1) is 11.5. The molecule has 122 valence electrons. The number of nitrogens with zero attached hydrogens (tertiary/aromatic N) is 2. The Bertz CT molecular complexity index is 810. The van der Waals surface area contributed by atoms with Crippen molar-refractivity contribution in [3.63, 3.8) is 0 Å². The number of halogens is 1. The van der Waals surface area contributed by atoms with E-state index < -0.39 is 11.8 Å². The van der Waals surface area contributed by atoms with Crippen molar-refractivity contribution in [2.75, 3.05) is 0 Å². The van der Waals surface area contributed by atoms with E-state index in [1.54, 1.807) is 25.1 Å². The second-order valence-electron chi connectivity index (χ2n) is 5.46. The lowest BCUT2D eigenvalue weighted by Gasteiger charge is -2.11. The average Bonchev–Trinajstić information content (AvgIpc) is 3.18. The van der Waals surface area contributed by atoms with E-state index in [0.717, 1.165) is 15.4 Å². The number of amides is 2. The molecule has 1 aromatic carbocycles. The van der Waals surface area contributed by atoms with Crippen LogP contribution < -0.4 is 0 Å². The minimum atomic E-state index is -0.491. The molecule has 1 aromatic heterocycles. The Morgan fingerprint density at radius 2 is 2.08 bits per heavy atom.